The molecule has 0 heterocycles. The van der Waals surface area contributed by atoms with Crippen molar-refractivity contribution in [3.8, 4) is 0 Å². The number of halogens is 6. The van der Waals surface area contributed by atoms with Gasteiger partial charge >= 0.3 is 12.4 Å². The van der Waals surface area contributed by atoms with E-state index in [9.17, 15) is 26.3 Å². The number of aliphatic hydroxyl groups excluding tert-OH is 1. The summed E-state index contributed by atoms with van der Waals surface area (Å²) >= 11 is 0. The Kier molecular flexibility index (Phi) is 6.11. The van der Waals surface area contributed by atoms with Crippen LogP contribution in [-0.2, 0) is 9.47 Å². The molecular weight excluding hydrogens is 270 g/mol. The summed E-state index contributed by atoms with van der Waals surface area (Å²) in [5, 5.41) is 8.30. The molecule has 0 unspecified atom stereocenters. The molecule has 0 aliphatic rings. The fourth-order valence-electron chi connectivity index (χ4n) is 1.01. The Balaban J connectivity index is 5.21. The Labute approximate surface area is 99.0 Å². The summed E-state index contributed by atoms with van der Waals surface area (Å²) in [5.41, 5.74) is -4.43. The second-order valence-electron chi connectivity index (χ2n) is 3.20. The van der Waals surface area contributed by atoms with Crippen molar-refractivity contribution in [2.24, 2.45) is 0 Å². The lowest BCUT2D eigenvalue weighted by atomic mass is 10.0. The van der Waals surface area contributed by atoms with Gasteiger partial charge in [0.1, 0.15) is 0 Å². The molecule has 0 amide bonds. The topological polar surface area (TPSA) is 38.7 Å². The minimum Gasteiger partial charge on any atom is -0.394 e. The van der Waals surface area contributed by atoms with E-state index in [4.69, 9.17) is 5.11 Å². The summed E-state index contributed by atoms with van der Waals surface area (Å²) < 4.78 is 83.6. The molecule has 3 nitrogen and oxygen atoms in total. The van der Waals surface area contributed by atoms with E-state index in [1.54, 1.807) is 0 Å². The molecule has 108 valence electrons. The molecule has 0 aromatic heterocycles. The number of hydrogen-bond acceptors (Lipinski definition) is 3. The quantitative estimate of drug-likeness (QED) is 0.441. The zero-order chi connectivity index (χ0) is 14.4. The predicted molar refractivity (Wildman–Crippen MR) is 48.9 cm³/mol. The molecule has 0 aliphatic carbocycles. The standard InChI is InChI=1S/C9H12F6O3/c1-2-4-18-7(8(10,11)12,9(13,14)15)6-17-5-3-16/h2,16H,1,3-6H2. The van der Waals surface area contributed by atoms with Crippen LogP contribution < -0.4 is 0 Å². The molecule has 1 N–H and O–H groups in total. The van der Waals surface area contributed by atoms with E-state index in [1.165, 1.54) is 0 Å². The Morgan fingerprint density at radius 1 is 1.06 bits per heavy atom. The molecule has 0 radical (unpaired) electrons. The van der Waals surface area contributed by atoms with Gasteiger partial charge in [-0.1, -0.05) is 6.08 Å². The van der Waals surface area contributed by atoms with Gasteiger partial charge in [0.2, 0.25) is 0 Å². The number of hydrogen-bond donors (Lipinski definition) is 1. The maximum absolute atomic E-state index is 12.6. The van der Waals surface area contributed by atoms with Crippen LogP contribution in [0, 0.1) is 0 Å². The first-order chi connectivity index (χ1) is 8.12. The molecule has 0 saturated heterocycles. The third-order valence-corrected chi connectivity index (χ3v) is 1.90. The summed E-state index contributed by atoms with van der Waals surface area (Å²) in [6.07, 6.45) is -10.6. The second-order valence-corrected chi connectivity index (χ2v) is 3.20. The Morgan fingerprint density at radius 2 is 1.56 bits per heavy atom. The van der Waals surface area contributed by atoms with Crippen molar-refractivity contribution in [3.05, 3.63) is 12.7 Å². The van der Waals surface area contributed by atoms with E-state index in [1.807, 2.05) is 0 Å². The fraction of sp³-hybridized carbons (Fsp3) is 0.778. The highest BCUT2D eigenvalue weighted by Crippen LogP contribution is 2.46. The lowest BCUT2D eigenvalue weighted by molar-refractivity contribution is -0.388. The van der Waals surface area contributed by atoms with Crippen LogP contribution in [0.25, 0.3) is 0 Å². The molecule has 9 heteroatoms. The van der Waals surface area contributed by atoms with E-state index in [2.05, 4.69) is 16.1 Å². The monoisotopic (exact) mass is 282 g/mol. The van der Waals surface area contributed by atoms with Gasteiger partial charge in [-0.2, -0.15) is 26.3 Å². The number of aliphatic hydroxyl groups is 1. The maximum Gasteiger partial charge on any atom is 0.428 e. The van der Waals surface area contributed by atoms with Crippen molar-refractivity contribution >= 4 is 0 Å². The lowest BCUT2D eigenvalue weighted by Gasteiger charge is -2.36. The Bertz CT molecular complexity index is 246. The van der Waals surface area contributed by atoms with Gasteiger partial charge in [0.25, 0.3) is 5.60 Å². The second kappa shape index (κ2) is 6.39. The number of ether oxygens (including phenoxy) is 2. The first-order valence-electron chi connectivity index (χ1n) is 4.69. The minimum atomic E-state index is -5.70. The summed E-state index contributed by atoms with van der Waals surface area (Å²) in [4.78, 5) is 0. The number of rotatable bonds is 7. The van der Waals surface area contributed by atoms with E-state index in [0.717, 1.165) is 6.08 Å². The molecule has 0 spiro atoms. The Morgan fingerprint density at radius 3 is 1.89 bits per heavy atom. The predicted octanol–water partition coefficient (Wildman–Crippen LogP) is 2.06. The molecule has 0 fully saturated rings. The van der Waals surface area contributed by atoms with Crippen LogP contribution in [0.15, 0.2) is 12.7 Å². The molecule has 0 rings (SSSR count). The summed E-state index contributed by atoms with van der Waals surface area (Å²) in [6.45, 7) is -1.10. The van der Waals surface area contributed by atoms with Crippen LogP contribution in [0.5, 0.6) is 0 Å². The van der Waals surface area contributed by atoms with E-state index in [0.29, 0.717) is 0 Å². The zero-order valence-electron chi connectivity index (χ0n) is 9.14. The van der Waals surface area contributed by atoms with E-state index in [-0.39, 0.29) is 0 Å². The van der Waals surface area contributed by atoms with Crippen molar-refractivity contribution in [3.63, 3.8) is 0 Å². The van der Waals surface area contributed by atoms with Gasteiger partial charge in [-0.05, 0) is 0 Å². The maximum atomic E-state index is 12.6. The largest absolute Gasteiger partial charge is 0.428 e. The van der Waals surface area contributed by atoms with Gasteiger partial charge in [0.05, 0.1) is 26.4 Å². The van der Waals surface area contributed by atoms with Gasteiger partial charge in [0, 0.05) is 0 Å². The molecule has 0 aliphatic heterocycles. The molecule has 0 aromatic carbocycles. The Hall–Kier alpha value is -0.800. The molecule has 0 bridgehead atoms. The van der Waals surface area contributed by atoms with Crippen molar-refractivity contribution < 1.29 is 40.9 Å². The normalized spacial score (nSPS) is 13.7. The first-order valence-corrected chi connectivity index (χ1v) is 4.69. The summed E-state index contributed by atoms with van der Waals surface area (Å²) in [6, 6.07) is 0. The van der Waals surface area contributed by atoms with Gasteiger partial charge in [0.15, 0.2) is 0 Å². The van der Waals surface area contributed by atoms with E-state index >= 15 is 0 Å². The zero-order valence-corrected chi connectivity index (χ0v) is 9.14. The van der Waals surface area contributed by atoms with E-state index < -0.39 is 44.4 Å². The van der Waals surface area contributed by atoms with Crippen molar-refractivity contribution in [2.45, 2.75) is 18.0 Å². The SMILES string of the molecule is C=CCOC(COCCO)(C(F)(F)F)C(F)(F)F. The van der Waals surface area contributed by atoms with Crippen LogP contribution in [0.1, 0.15) is 0 Å². The van der Waals surface area contributed by atoms with Gasteiger partial charge in [-0.3, -0.25) is 0 Å². The first kappa shape index (κ1) is 17.2. The van der Waals surface area contributed by atoms with Crippen LogP contribution in [-0.4, -0.2) is 49.5 Å². The van der Waals surface area contributed by atoms with Crippen LogP contribution in [0.2, 0.25) is 0 Å². The molecule has 0 atom stereocenters. The molecule has 0 aromatic rings. The average Bonchev–Trinajstić information content (AvgIpc) is 2.19. The molecule has 0 saturated carbocycles. The highest BCUT2D eigenvalue weighted by Gasteiger charge is 2.72. The molecule has 18 heavy (non-hydrogen) atoms. The van der Waals surface area contributed by atoms with Crippen LogP contribution in [0.4, 0.5) is 26.3 Å². The highest BCUT2D eigenvalue weighted by atomic mass is 19.4. The van der Waals surface area contributed by atoms with Crippen LogP contribution >= 0.6 is 0 Å². The van der Waals surface area contributed by atoms with Gasteiger partial charge in [-0.25, -0.2) is 0 Å². The number of alkyl halides is 6. The highest BCUT2D eigenvalue weighted by molar-refractivity contribution is 4.97. The molecular formula is C9H12F6O3. The van der Waals surface area contributed by atoms with Crippen molar-refractivity contribution in [2.75, 3.05) is 26.4 Å². The lowest BCUT2D eigenvalue weighted by Crippen LogP contribution is -2.62. The minimum absolute atomic E-state index is 0.661. The van der Waals surface area contributed by atoms with Crippen molar-refractivity contribution in [1.82, 2.24) is 0 Å². The van der Waals surface area contributed by atoms with Crippen molar-refractivity contribution in [1.29, 1.82) is 0 Å². The summed E-state index contributed by atoms with van der Waals surface area (Å²) in [5.74, 6) is 0. The third kappa shape index (κ3) is 3.85. The van der Waals surface area contributed by atoms with Crippen LogP contribution in [0.3, 0.4) is 0 Å². The average molecular weight is 282 g/mol. The fourth-order valence-corrected chi connectivity index (χ4v) is 1.01. The van der Waals surface area contributed by atoms with Gasteiger partial charge in [-0.15, -0.1) is 6.58 Å². The third-order valence-electron chi connectivity index (χ3n) is 1.90. The van der Waals surface area contributed by atoms with Gasteiger partial charge < -0.3 is 14.6 Å². The summed E-state index contributed by atoms with van der Waals surface area (Å²) in [7, 11) is 0. The smallest absolute Gasteiger partial charge is 0.394 e.